The Bertz CT molecular complexity index is 1510. The lowest BCUT2D eigenvalue weighted by Gasteiger charge is -2.36. The third-order valence-electron chi connectivity index (χ3n) is 8.31. The van der Waals surface area contributed by atoms with Gasteiger partial charge in [-0.25, -0.2) is 0 Å². The molecule has 0 saturated heterocycles. The van der Waals surface area contributed by atoms with E-state index in [4.69, 9.17) is 0 Å². The number of nitrogens with one attached hydrogen (secondary N) is 4. The van der Waals surface area contributed by atoms with Crippen molar-refractivity contribution in [3.8, 4) is 0 Å². The summed E-state index contributed by atoms with van der Waals surface area (Å²) >= 11 is 0. The number of fused-ring (bicyclic) bond motifs is 4. The Kier molecular flexibility index (Phi) is 7.96. The molecular weight excluding hydrogens is 536 g/mol. The smallest absolute Gasteiger partial charge is 0.0757 e. The third kappa shape index (κ3) is 6.16. The van der Waals surface area contributed by atoms with Crippen LogP contribution in [0, 0.1) is 0 Å². The quantitative estimate of drug-likeness (QED) is 0.147. The highest BCUT2D eigenvalue weighted by atomic mass is 15.0. The molecule has 216 valence electrons. The molecule has 4 bridgehead atoms. The van der Waals surface area contributed by atoms with Crippen molar-refractivity contribution in [2.45, 2.75) is 24.2 Å². The fourth-order valence-electron chi connectivity index (χ4n) is 6.18. The highest BCUT2D eigenvalue weighted by molar-refractivity contribution is 5.56. The lowest BCUT2D eigenvalue weighted by molar-refractivity contribution is 0.618. The van der Waals surface area contributed by atoms with Crippen molar-refractivity contribution in [3.63, 3.8) is 0 Å². The van der Waals surface area contributed by atoms with Gasteiger partial charge in [0.15, 0.2) is 0 Å². The maximum absolute atomic E-state index is 3.90. The molecule has 0 fully saturated rings. The predicted molar refractivity (Wildman–Crippen MR) is 184 cm³/mol. The first-order chi connectivity index (χ1) is 21.8. The summed E-state index contributed by atoms with van der Waals surface area (Å²) in [6.45, 7) is 0. The van der Waals surface area contributed by atoms with Crippen molar-refractivity contribution in [1.82, 2.24) is 0 Å². The van der Waals surface area contributed by atoms with E-state index in [1.54, 1.807) is 0 Å². The van der Waals surface area contributed by atoms with Crippen molar-refractivity contribution < 1.29 is 0 Å². The van der Waals surface area contributed by atoms with Crippen LogP contribution in [0.1, 0.15) is 46.4 Å². The third-order valence-corrected chi connectivity index (χ3v) is 8.31. The Balaban J connectivity index is 1.41. The lowest BCUT2D eigenvalue weighted by Crippen LogP contribution is -2.29. The molecule has 44 heavy (non-hydrogen) atoms. The van der Waals surface area contributed by atoms with Crippen LogP contribution in [-0.2, 0) is 0 Å². The zero-order chi connectivity index (χ0) is 29.6. The molecular formula is C40H36N4. The molecule has 6 aromatic carbocycles. The Hall–Kier alpha value is -5.48. The summed E-state index contributed by atoms with van der Waals surface area (Å²) in [6.07, 6.45) is 0. The van der Waals surface area contributed by atoms with Crippen LogP contribution in [0.15, 0.2) is 170 Å². The molecule has 0 radical (unpaired) electrons. The minimum atomic E-state index is -0.0520. The molecule has 4 N–H and O–H groups in total. The number of para-hydroxylation sites is 4. The molecule has 6 aromatic rings. The number of hydrogen-bond donors (Lipinski definition) is 4. The van der Waals surface area contributed by atoms with Gasteiger partial charge in [-0.1, -0.05) is 121 Å². The second kappa shape index (κ2) is 12.8. The van der Waals surface area contributed by atoms with Gasteiger partial charge in [-0.3, -0.25) is 0 Å². The van der Waals surface area contributed by atoms with Crippen molar-refractivity contribution in [2.75, 3.05) is 21.3 Å². The lowest BCUT2D eigenvalue weighted by atomic mass is 9.84. The molecule has 4 heteroatoms. The van der Waals surface area contributed by atoms with Gasteiger partial charge in [-0.2, -0.15) is 0 Å². The number of benzene rings is 6. The van der Waals surface area contributed by atoms with E-state index in [9.17, 15) is 0 Å². The van der Waals surface area contributed by atoms with Crippen LogP contribution < -0.4 is 21.3 Å². The van der Waals surface area contributed by atoms with Crippen LogP contribution in [-0.4, -0.2) is 0 Å². The van der Waals surface area contributed by atoms with Gasteiger partial charge in [0.2, 0.25) is 0 Å². The fraction of sp³-hybridized carbons (Fsp3) is 0.100. The van der Waals surface area contributed by atoms with Crippen LogP contribution in [0.3, 0.4) is 0 Å². The van der Waals surface area contributed by atoms with E-state index in [1.807, 2.05) is 0 Å². The Morgan fingerprint density at radius 2 is 0.477 bits per heavy atom. The summed E-state index contributed by atoms with van der Waals surface area (Å²) in [5.41, 5.74) is 9.18. The SMILES string of the molecule is c1ccc(N[C@@H]2c3cccc(c3)[C@@H](Nc3ccccc3)[C@@H](Nc3ccccc3)c3cccc(c3)[C@H]2Nc2ccccc2)cc1. The molecule has 0 amide bonds. The minimum Gasteiger partial charge on any atom is -0.376 e. The average molecular weight is 573 g/mol. The average Bonchev–Trinajstić information content (AvgIpc) is 3.09. The van der Waals surface area contributed by atoms with Gasteiger partial charge in [-0.15, -0.1) is 0 Å². The summed E-state index contributed by atoms with van der Waals surface area (Å²) in [7, 11) is 0. The van der Waals surface area contributed by atoms with Crippen LogP contribution in [0.25, 0.3) is 0 Å². The predicted octanol–water partition coefficient (Wildman–Crippen LogP) is 10.0. The molecule has 1 aliphatic rings. The van der Waals surface area contributed by atoms with E-state index >= 15 is 0 Å². The van der Waals surface area contributed by atoms with E-state index < -0.39 is 0 Å². The van der Waals surface area contributed by atoms with Gasteiger partial charge in [0.1, 0.15) is 0 Å². The fourth-order valence-corrected chi connectivity index (χ4v) is 6.18. The van der Waals surface area contributed by atoms with Gasteiger partial charge in [0.25, 0.3) is 0 Å². The monoisotopic (exact) mass is 572 g/mol. The van der Waals surface area contributed by atoms with E-state index in [0.717, 1.165) is 22.7 Å². The molecule has 1 aliphatic carbocycles. The highest BCUT2D eigenvalue weighted by Crippen LogP contribution is 2.42. The first-order valence-corrected chi connectivity index (χ1v) is 15.3. The zero-order valence-electron chi connectivity index (χ0n) is 24.5. The zero-order valence-corrected chi connectivity index (χ0v) is 24.5. The summed E-state index contributed by atoms with van der Waals surface area (Å²) in [5.74, 6) is 0. The Morgan fingerprint density at radius 1 is 0.250 bits per heavy atom. The van der Waals surface area contributed by atoms with Crippen LogP contribution in [0.5, 0.6) is 0 Å². The standard InChI is InChI=1S/C40H36N4/c1-5-19-33(20-6-1)41-37-29-15-13-17-31(27-29)39(43-35-23-9-3-10-24-35)40(44-36-25-11-4-12-26-36)32-18-14-16-30(28-32)38(37)42-34-21-7-2-8-22-34/h1-28,37-44H/t37-,38-,39-,40+/m1/s1. The maximum atomic E-state index is 3.90. The van der Waals surface area contributed by atoms with E-state index in [1.165, 1.54) is 22.3 Å². The number of anilines is 4. The van der Waals surface area contributed by atoms with Gasteiger partial charge in [0, 0.05) is 22.7 Å². The topological polar surface area (TPSA) is 48.1 Å². The number of hydrogen-bond acceptors (Lipinski definition) is 4. The van der Waals surface area contributed by atoms with Crippen molar-refractivity contribution >= 4 is 22.7 Å². The van der Waals surface area contributed by atoms with Gasteiger partial charge < -0.3 is 21.3 Å². The molecule has 0 aliphatic heterocycles. The molecule has 0 unspecified atom stereocenters. The normalized spacial score (nSPS) is 18.9. The van der Waals surface area contributed by atoms with E-state index in [0.29, 0.717) is 0 Å². The van der Waals surface area contributed by atoms with Crippen LogP contribution in [0.2, 0.25) is 0 Å². The van der Waals surface area contributed by atoms with Crippen LogP contribution in [0.4, 0.5) is 22.7 Å². The summed E-state index contributed by atoms with van der Waals surface area (Å²) in [6, 6.07) is 59.9. The van der Waals surface area contributed by atoms with Crippen molar-refractivity contribution in [1.29, 1.82) is 0 Å². The van der Waals surface area contributed by atoms with Gasteiger partial charge in [-0.05, 0) is 70.8 Å². The summed E-state index contributed by atoms with van der Waals surface area (Å²) in [5, 5.41) is 15.6. The van der Waals surface area contributed by atoms with Crippen molar-refractivity contribution in [2.24, 2.45) is 0 Å². The molecule has 0 heterocycles. The second-order valence-electron chi connectivity index (χ2n) is 11.3. The van der Waals surface area contributed by atoms with E-state index in [2.05, 4.69) is 191 Å². The number of rotatable bonds is 8. The Labute approximate surface area is 259 Å². The van der Waals surface area contributed by atoms with Crippen molar-refractivity contribution in [3.05, 3.63) is 192 Å². The summed E-state index contributed by atoms with van der Waals surface area (Å²) < 4.78 is 0. The highest BCUT2D eigenvalue weighted by Gasteiger charge is 2.32. The van der Waals surface area contributed by atoms with Crippen LogP contribution >= 0.6 is 0 Å². The second-order valence-corrected chi connectivity index (χ2v) is 11.3. The largest absolute Gasteiger partial charge is 0.376 e. The molecule has 4 nitrogen and oxygen atoms in total. The molecule has 7 rings (SSSR count). The first-order valence-electron chi connectivity index (χ1n) is 15.3. The van der Waals surface area contributed by atoms with Gasteiger partial charge >= 0.3 is 0 Å². The van der Waals surface area contributed by atoms with Gasteiger partial charge in [0.05, 0.1) is 24.2 Å². The van der Waals surface area contributed by atoms with E-state index in [-0.39, 0.29) is 24.2 Å². The molecule has 0 aromatic heterocycles. The summed E-state index contributed by atoms with van der Waals surface area (Å²) in [4.78, 5) is 0. The molecule has 4 atom stereocenters. The maximum Gasteiger partial charge on any atom is 0.0757 e. The molecule has 0 spiro atoms. The minimum absolute atomic E-state index is 0.0520. The Morgan fingerprint density at radius 3 is 0.705 bits per heavy atom. The first kappa shape index (κ1) is 27.4. The molecule has 0 saturated carbocycles.